The highest BCUT2D eigenvalue weighted by molar-refractivity contribution is 6.99. The van der Waals surface area contributed by atoms with Gasteiger partial charge in [-0.1, -0.05) is 117 Å². The summed E-state index contributed by atoms with van der Waals surface area (Å²) in [6.07, 6.45) is 1.93. The minimum absolute atomic E-state index is 0.00923. The predicted octanol–water partition coefficient (Wildman–Crippen LogP) is 10.3. The zero-order valence-corrected chi connectivity index (χ0v) is 31.3. The highest BCUT2D eigenvalue weighted by Crippen LogP contribution is 2.42. The van der Waals surface area contributed by atoms with Crippen molar-refractivity contribution in [1.29, 1.82) is 0 Å². The third-order valence-corrected chi connectivity index (χ3v) is 11.2. The number of fused-ring (bicyclic) bond motifs is 7. The second kappa shape index (κ2) is 10.7. The van der Waals surface area contributed by atoms with Gasteiger partial charge < -0.3 is 9.30 Å². The Bertz CT molecular complexity index is 2560. The van der Waals surface area contributed by atoms with Gasteiger partial charge in [0, 0.05) is 33.7 Å². The molecule has 0 amide bonds. The molecular formula is C47H45BN2O. The largest absolute Gasteiger partial charge is 0.458 e. The van der Waals surface area contributed by atoms with Gasteiger partial charge in [0.2, 0.25) is 0 Å². The Morgan fingerprint density at radius 1 is 0.549 bits per heavy atom. The van der Waals surface area contributed by atoms with Gasteiger partial charge in [-0.2, -0.15) is 0 Å². The van der Waals surface area contributed by atoms with E-state index < -0.39 is 0 Å². The highest BCUT2D eigenvalue weighted by Gasteiger charge is 2.42. The average Bonchev–Trinajstić information content (AvgIpc) is 3.43. The number of benzene rings is 5. The molecule has 2 aromatic heterocycles. The smallest absolute Gasteiger partial charge is 0.256 e. The Morgan fingerprint density at radius 2 is 1.22 bits per heavy atom. The summed E-state index contributed by atoms with van der Waals surface area (Å²) in [6, 6.07) is 38.4. The first kappa shape index (κ1) is 31.9. The lowest BCUT2D eigenvalue weighted by molar-refractivity contribution is 0.486. The molecule has 5 aromatic carbocycles. The molecule has 4 heterocycles. The van der Waals surface area contributed by atoms with Gasteiger partial charge in [0.15, 0.2) is 0 Å². The highest BCUT2D eigenvalue weighted by atomic mass is 16.5. The molecule has 51 heavy (non-hydrogen) atoms. The fraction of sp³-hybridized carbons (Fsp3) is 0.255. The summed E-state index contributed by atoms with van der Waals surface area (Å²) < 4.78 is 9.54. The SMILES string of the molecule is CC(C)(C)c1ccc2c(c1)B1c3c(cc(-c4ccnc(-c5ccccc5)c4)cc3-n3c4ccc(C(C)(C)C)cc4c4cc(C(C)(C)C)cc1c43)O2. The van der Waals surface area contributed by atoms with Crippen molar-refractivity contribution in [3.63, 3.8) is 0 Å². The molecule has 0 bridgehead atoms. The molecule has 0 atom stereocenters. The Hall–Kier alpha value is -5.09. The van der Waals surface area contributed by atoms with Crippen molar-refractivity contribution in [3.8, 4) is 39.6 Å². The summed E-state index contributed by atoms with van der Waals surface area (Å²) >= 11 is 0. The monoisotopic (exact) mass is 664 g/mol. The van der Waals surface area contributed by atoms with Crippen LogP contribution in [-0.4, -0.2) is 16.3 Å². The predicted molar refractivity (Wildman–Crippen MR) is 217 cm³/mol. The van der Waals surface area contributed by atoms with E-state index in [-0.39, 0.29) is 23.0 Å². The van der Waals surface area contributed by atoms with Crippen molar-refractivity contribution >= 4 is 44.9 Å². The van der Waals surface area contributed by atoms with Gasteiger partial charge in [0.05, 0.1) is 11.2 Å². The van der Waals surface area contributed by atoms with Crippen molar-refractivity contribution in [2.24, 2.45) is 0 Å². The zero-order valence-electron chi connectivity index (χ0n) is 31.3. The molecule has 3 nitrogen and oxygen atoms in total. The summed E-state index contributed by atoms with van der Waals surface area (Å²) in [5.41, 5.74) is 15.9. The summed E-state index contributed by atoms with van der Waals surface area (Å²) in [6.45, 7) is 20.9. The van der Waals surface area contributed by atoms with E-state index in [0.29, 0.717) is 0 Å². The standard InChI is InChI=1S/C47H45BN2O/c1-45(2,3)31-15-17-39-34(24-31)35-25-33(47(7,8)9)27-37-44(35)50(39)40-22-30(29-19-20-49-38(21-29)28-13-11-10-12-14-28)23-42-43(40)48(37)36-26-32(46(4,5)6)16-18-41(36)51-42/h10-27H,1-9H3. The number of rotatable bonds is 2. The van der Waals surface area contributed by atoms with Crippen LogP contribution in [0, 0.1) is 0 Å². The van der Waals surface area contributed by atoms with Crippen LogP contribution in [0.25, 0.3) is 49.9 Å². The van der Waals surface area contributed by atoms with E-state index in [9.17, 15) is 0 Å². The zero-order chi connectivity index (χ0) is 35.6. The Kier molecular flexibility index (Phi) is 6.69. The normalized spacial score (nSPS) is 13.7. The van der Waals surface area contributed by atoms with Crippen LogP contribution in [0.3, 0.4) is 0 Å². The Morgan fingerprint density at radius 3 is 1.94 bits per heavy atom. The van der Waals surface area contributed by atoms with Crippen LogP contribution in [0.2, 0.25) is 0 Å². The van der Waals surface area contributed by atoms with Crippen molar-refractivity contribution in [2.75, 3.05) is 0 Å². The van der Waals surface area contributed by atoms with E-state index in [4.69, 9.17) is 9.72 Å². The molecule has 252 valence electrons. The second-order valence-corrected chi connectivity index (χ2v) is 17.8. The Labute approximate surface area is 302 Å². The molecule has 0 saturated carbocycles. The minimum Gasteiger partial charge on any atom is -0.458 e. The molecule has 0 fully saturated rings. The van der Waals surface area contributed by atoms with Crippen LogP contribution >= 0.6 is 0 Å². The number of hydrogen-bond acceptors (Lipinski definition) is 2. The molecule has 0 aliphatic carbocycles. The molecule has 0 spiro atoms. The van der Waals surface area contributed by atoms with Crippen LogP contribution < -0.4 is 21.1 Å². The van der Waals surface area contributed by atoms with Gasteiger partial charge in [-0.25, -0.2) is 0 Å². The van der Waals surface area contributed by atoms with E-state index in [1.165, 1.54) is 60.6 Å². The van der Waals surface area contributed by atoms with Crippen molar-refractivity contribution in [2.45, 2.75) is 78.6 Å². The quantitative estimate of drug-likeness (QED) is 0.172. The number of hydrogen-bond donors (Lipinski definition) is 0. The lowest BCUT2D eigenvalue weighted by Gasteiger charge is -2.35. The van der Waals surface area contributed by atoms with Gasteiger partial charge in [0.25, 0.3) is 6.71 Å². The first-order chi connectivity index (χ1) is 24.2. The van der Waals surface area contributed by atoms with Crippen LogP contribution in [0.5, 0.6) is 11.5 Å². The first-order valence-corrected chi connectivity index (χ1v) is 18.3. The van der Waals surface area contributed by atoms with Gasteiger partial charge in [-0.3, -0.25) is 4.98 Å². The summed E-state index contributed by atoms with van der Waals surface area (Å²) in [7, 11) is 0. The van der Waals surface area contributed by atoms with Crippen molar-refractivity contribution in [3.05, 3.63) is 126 Å². The summed E-state index contributed by atoms with van der Waals surface area (Å²) in [4.78, 5) is 4.76. The van der Waals surface area contributed by atoms with Crippen molar-refractivity contribution < 1.29 is 4.74 Å². The van der Waals surface area contributed by atoms with Crippen LogP contribution in [0.1, 0.15) is 79.0 Å². The van der Waals surface area contributed by atoms with Crippen LogP contribution in [0.4, 0.5) is 0 Å². The molecule has 0 radical (unpaired) electrons. The third kappa shape index (κ3) is 4.98. The fourth-order valence-corrected chi connectivity index (χ4v) is 8.19. The van der Waals surface area contributed by atoms with Gasteiger partial charge in [0.1, 0.15) is 11.5 Å². The topological polar surface area (TPSA) is 27.1 Å². The van der Waals surface area contributed by atoms with E-state index in [2.05, 4.69) is 164 Å². The van der Waals surface area contributed by atoms with Gasteiger partial charge in [-0.15, -0.1) is 0 Å². The maximum atomic E-state index is 7.00. The molecule has 4 heteroatoms. The number of pyridine rings is 1. The van der Waals surface area contributed by atoms with E-state index in [1.54, 1.807) is 0 Å². The molecule has 0 N–H and O–H groups in total. The lowest BCUT2D eigenvalue weighted by Crippen LogP contribution is -2.58. The molecular weight excluding hydrogens is 619 g/mol. The molecule has 2 aliphatic heterocycles. The number of ether oxygens (including phenoxy) is 1. The van der Waals surface area contributed by atoms with Gasteiger partial charge in [-0.05, 0) is 109 Å². The van der Waals surface area contributed by atoms with Gasteiger partial charge >= 0.3 is 0 Å². The minimum atomic E-state index is -0.0211. The van der Waals surface area contributed by atoms with E-state index >= 15 is 0 Å². The van der Waals surface area contributed by atoms with Crippen molar-refractivity contribution in [1.82, 2.24) is 9.55 Å². The maximum Gasteiger partial charge on any atom is 0.256 e. The van der Waals surface area contributed by atoms with Crippen LogP contribution in [0.15, 0.2) is 109 Å². The second-order valence-electron chi connectivity index (χ2n) is 17.8. The van der Waals surface area contributed by atoms with E-state index in [1.807, 2.05) is 12.3 Å². The maximum absolute atomic E-state index is 7.00. The summed E-state index contributed by atoms with van der Waals surface area (Å²) in [5, 5.41) is 2.63. The van der Waals surface area contributed by atoms with Crippen LogP contribution in [-0.2, 0) is 16.2 Å². The lowest BCUT2D eigenvalue weighted by atomic mass is 9.34. The molecule has 7 aromatic rings. The molecule has 2 aliphatic rings. The first-order valence-electron chi connectivity index (χ1n) is 18.3. The number of nitrogens with zero attached hydrogens (tertiary/aromatic N) is 2. The molecule has 0 unspecified atom stereocenters. The fourth-order valence-electron chi connectivity index (χ4n) is 8.19. The third-order valence-electron chi connectivity index (χ3n) is 11.2. The summed E-state index contributed by atoms with van der Waals surface area (Å²) in [5.74, 6) is 1.87. The Balaban J connectivity index is 1.40. The molecule has 0 saturated heterocycles. The van der Waals surface area contributed by atoms with E-state index in [0.717, 1.165) is 33.9 Å². The average molecular weight is 665 g/mol. The molecule has 9 rings (SSSR count). The number of aromatic nitrogens is 2.